The van der Waals surface area contributed by atoms with Crippen LogP contribution in [0, 0.1) is 0 Å². The van der Waals surface area contributed by atoms with Crippen molar-refractivity contribution in [2.75, 3.05) is 13.1 Å². The molecule has 88 valence electrons. The number of hydrogen-bond donors (Lipinski definition) is 1. The van der Waals surface area contributed by atoms with Gasteiger partial charge in [-0.15, -0.1) is 0 Å². The Balaban J connectivity index is 1.98. The first-order chi connectivity index (χ1) is 7.65. The van der Waals surface area contributed by atoms with E-state index in [0.29, 0.717) is 16.2 Å². The van der Waals surface area contributed by atoms with E-state index in [2.05, 4.69) is 9.88 Å². The maximum Gasteiger partial charge on any atom is 0.130 e. The van der Waals surface area contributed by atoms with Gasteiger partial charge >= 0.3 is 0 Å². The molecule has 0 unspecified atom stereocenters. The van der Waals surface area contributed by atoms with Gasteiger partial charge in [-0.1, -0.05) is 23.2 Å². The summed E-state index contributed by atoms with van der Waals surface area (Å²) in [6.07, 6.45) is 3.86. The van der Waals surface area contributed by atoms with E-state index in [1.54, 1.807) is 12.3 Å². The number of nitrogens with two attached hydrogens (primary N) is 1. The van der Waals surface area contributed by atoms with Crippen LogP contribution in [0.5, 0.6) is 0 Å². The van der Waals surface area contributed by atoms with Gasteiger partial charge in [0.05, 0.1) is 0 Å². The van der Waals surface area contributed by atoms with Crippen LogP contribution in [0.4, 0.5) is 0 Å². The molecule has 16 heavy (non-hydrogen) atoms. The molecule has 1 aromatic heterocycles. The van der Waals surface area contributed by atoms with E-state index in [1.807, 2.05) is 0 Å². The van der Waals surface area contributed by atoms with Crippen LogP contribution >= 0.6 is 23.2 Å². The minimum Gasteiger partial charge on any atom is -0.328 e. The molecule has 0 atom stereocenters. The van der Waals surface area contributed by atoms with Crippen molar-refractivity contribution < 1.29 is 0 Å². The Labute approximate surface area is 106 Å². The number of likely N-dealkylation sites (tertiary alicyclic amines) is 1. The maximum absolute atomic E-state index is 6.10. The number of pyridine rings is 1. The standard InChI is InChI=1S/C11H15Cl2N3/c12-10-5-11(13)15-6-8(10)7-16-3-1-9(14)2-4-16/h5-6,9H,1-4,7,14H2. The number of aromatic nitrogens is 1. The number of halogens is 2. The predicted molar refractivity (Wildman–Crippen MR) is 66.7 cm³/mol. The van der Waals surface area contributed by atoms with Crippen LogP contribution in [0.25, 0.3) is 0 Å². The lowest BCUT2D eigenvalue weighted by atomic mass is 10.1. The summed E-state index contributed by atoms with van der Waals surface area (Å²) in [6.45, 7) is 2.88. The Morgan fingerprint density at radius 3 is 2.69 bits per heavy atom. The molecule has 0 saturated carbocycles. The van der Waals surface area contributed by atoms with E-state index in [-0.39, 0.29) is 0 Å². The summed E-state index contributed by atoms with van der Waals surface area (Å²) in [5, 5.41) is 1.13. The van der Waals surface area contributed by atoms with Crippen LogP contribution in [-0.2, 0) is 6.54 Å². The molecule has 1 aromatic rings. The summed E-state index contributed by atoms with van der Waals surface area (Å²) >= 11 is 11.9. The fourth-order valence-electron chi connectivity index (χ4n) is 1.90. The molecule has 2 heterocycles. The van der Waals surface area contributed by atoms with Gasteiger partial charge in [-0.25, -0.2) is 4.98 Å². The molecule has 1 aliphatic rings. The molecule has 0 radical (unpaired) electrons. The fraction of sp³-hybridized carbons (Fsp3) is 0.545. The normalized spacial score (nSPS) is 18.9. The van der Waals surface area contributed by atoms with Crippen LogP contribution in [0.1, 0.15) is 18.4 Å². The van der Waals surface area contributed by atoms with Crippen molar-refractivity contribution in [2.45, 2.75) is 25.4 Å². The largest absolute Gasteiger partial charge is 0.328 e. The van der Waals surface area contributed by atoms with E-state index >= 15 is 0 Å². The predicted octanol–water partition coefficient (Wildman–Crippen LogP) is 2.31. The average Bonchev–Trinajstić information content (AvgIpc) is 2.25. The lowest BCUT2D eigenvalue weighted by molar-refractivity contribution is 0.205. The van der Waals surface area contributed by atoms with Gasteiger partial charge in [-0.05, 0) is 32.0 Å². The molecule has 5 heteroatoms. The van der Waals surface area contributed by atoms with Crippen molar-refractivity contribution in [3.05, 3.63) is 28.0 Å². The molecule has 2 N–H and O–H groups in total. The number of hydrogen-bond acceptors (Lipinski definition) is 3. The lowest BCUT2D eigenvalue weighted by Crippen LogP contribution is -2.39. The second kappa shape index (κ2) is 5.32. The van der Waals surface area contributed by atoms with Gasteiger partial charge in [0.1, 0.15) is 5.15 Å². The van der Waals surface area contributed by atoms with Gasteiger partial charge in [0.25, 0.3) is 0 Å². The van der Waals surface area contributed by atoms with Crippen LogP contribution in [0.2, 0.25) is 10.2 Å². The highest BCUT2D eigenvalue weighted by Crippen LogP contribution is 2.21. The smallest absolute Gasteiger partial charge is 0.130 e. The van der Waals surface area contributed by atoms with E-state index in [1.165, 1.54) is 0 Å². The average molecular weight is 260 g/mol. The molecule has 2 rings (SSSR count). The van der Waals surface area contributed by atoms with Crippen molar-refractivity contribution >= 4 is 23.2 Å². The van der Waals surface area contributed by atoms with E-state index in [4.69, 9.17) is 28.9 Å². The van der Waals surface area contributed by atoms with Gasteiger partial charge in [-0.2, -0.15) is 0 Å². The van der Waals surface area contributed by atoms with Gasteiger partial charge in [-0.3, -0.25) is 4.90 Å². The Hall–Kier alpha value is -0.350. The molecule has 0 bridgehead atoms. The molecular weight excluding hydrogens is 245 g/mol. The summed E-state index contributed by atoms with van der Waals surface area (Å²) in [7, 11) is 0. The Morgan fingerprint density at radius 1 is 1.38 bits per heavy atom. The Bertz CT molecular complexity index is 362. The van der Waals surface area contributed by atoms with Crippen LogP contribution in [0.3, 0.4) is 0 Å². The summed E-state index contributed by atoms with van der Waals surface area (Å²) in [5.74, 6) is 0. The Morgan fingerprint density at radius 2 is 2.06 bits per heavy atom. The summed E-state index contributed by atoms with van der Waals surface area (Å²) < 4.78 is 0. The summed E-state index contributed by atoms with van der Waals surface area (Å²) in [4.78, 5) is 6.40. The third-order valence-electron chi connectivity index (χ3n) is 2.92. The second-order valence-corrected chi connectivity index (χ2v) is 5.01. The van der Waals surface area contributed by atoms with E-state index in [0.717, 1.165) is 38.0 Å². The third-order valence-corrected chi connectivity index (χ3v) is 3.48. The lowest BCUT2D eigenvalue weighted by Gasteiger charge is -2.30. The van der Waals surface area contributed by atoms with E-state index in [9.17, 15) is 0 Å². The molecule has 1 aliphatic heterocycles. The SMILES string of the molecule is NC1CCN(Cc2cnc(Cl)cc2Cl)CC1. The van der Waals surface area contributed by atoms with Gasteiger partial charge in [0.15, 0.2) is 0 Å². The fourth-order valence-corrected chi connectivity index (χ4v) is 2.33. The second-order valence-electron chi connectivity index (χ2n) is 4.21. The van der Waals surface area contributed by atoms with Crippen LogP contribution in [-0.4, -0.2) is 29.0 Å². The molecule has 1 saturated heterocycles. The van der Waals surface area contributed by atoms with Crippen molar-refractivity contribution in [1.82, 2.24) is 9.88 Å². The van der Waals surface area contributed by atoms with Crippen molar-refractivity contribution in [1.29, 1.82) is 0 Å². The molecule has 3 nitrogen and oxygen atoms in total. The molecule has 0 amide bonds. The molecule has 0 aliphatic carbocycles. The molecular formula is C11H15Cl2N3. The third kappa shape index (κ3) is 3.08. The minimum atomic E-state index is 0.357. The molecule has 0 aromatic carbocycles. The number of nitrogens with zero attached hydrogens (tertiary/aromatic N) is 2. The number of piperidine rings is 1. The van der Waals surface area contributed by atoms with Crippen molar-refractivity contribution in [3.63, 3.8) is 0 Å². The first-order valence-electron chi connectivity index (χ1n) is 5.43. The molecule has 1 fully saturated rings. The highest BCUT2D eigenvalue weighted by atomic mass is 35.5. The first kappa shape index (κ1) is 12.1. The summed E-state index contributed by atoms with van der Waals surface area (Å²) in [6, 6.07) is 2.05. The highest BCUT2D eigenvalue weighted by Gasteiger charge is 2.17. The highest BCUT2D eigenvalue weighted by molar-refractivity contribution is 6.34. The van der Waals surface area contributed by atoms with Gasteiger partial charge < -0.3 is 5.73 Å². The zero-order valence-electron chi connectivity index (χ0n) is 9.00. The zero-order valence-corrected chi connectivity index (χ0v) is 10.5. The summed E-state index contributed by atoms with van der Waals surface area (Å²) in [5.41, 5.74) is 6.89. The van der Waals surface area contributed by atoms with Gasteiger partial charge in [0.2, 0.25) is 0 Å². The van der Waals surface area contributed by atoms with Crippen LogP contribution in [0.15, 0.2) is 12.3 Å². The van der Waals surface area contributed by atoms with E-state index < -0.39 is 0 Å². The van der Waals surface area contributed by atoms with Crippen molar-refractivity contribution in [3.8, 4) is 0 Å². The minimum absolute atomic E-state index is 0.357. The zero-order chi connectivity index (χ0) is 11.5. The Kier molecular flexibility index (Phi) is 4.03. The molecule has 0 spiro atoms. The first-order valence-corrected chi connectivity index (χ1v) is 6.18. The van der Waals surface area contributed by atoms with Crippen molar-refractivity contribution in [2.24, 2.45) is 5.73 Å². The topological polar surface area (TPSA) is 42.1 Å². The quantitative estimate of drug-likeness (QED) is 0.830. The monoisotopic (exact) mass is 259 g/mol. The van der Waals surface area contributed by atoms with Gasteiger partial charge in [0, 0.05) is 29.4 Å². The van der Waals surface area contributed by atoms with Crippen LogP contribution < -0.4 is 5.73 Å². The maximum atomic E-state index is 6.10. The number of rotatable bonds is 2.